The Labute approximate surface area is 143 Å². The Morgan fingerprint density at radius 2 is 1.62 bits per heavy atom. The van der Waals surface area contributed by atoms with Gasteiger partial charge in [0.1, 0.15) is 5.01 Å². The fraction of sp³-hybridized carbons (Fsp3) is 0.438. The summed E-state index contributed by atoms with van der Waals surface area (Å²) < 4.78 is 52.0. The summed E-state index contributed by atoms with van der Waals surface area (Å²) in [6.07, 6.45) is -2.90. The number of aromatic nitrogens is 1. The minimum atomic E-state index is -4.42. The molecule has 1 aromatic carbocycles. The second-order valence-electron chi connectivity index (χ2n) is 6.70. The van der Waals surface area contributed by atoms with Crippen LogP contribution in [0.3, 0.4) is 0 Å². The van der Waals surface area contributed by atoms with Gasteiger partial charge in [-0.2, -0.15) is 13.2 Å². The lowest BCUT2D eigenvalue weighted by molar-refractivity contribution is -0.137. The normalized spacial score (nSPS) is 19.7. The van der Waals surface area contributed by atoms with Crippen LogP contribution >= 0.6 is 11.3 Å². The molecule has 1 fully saturated rings. The first-order chi connectivity index (χ1) is 11.0. The smallest absolute Gasteiger partial charge is 0.399 e. The fourth-order valence-corrected chi connectivity index (χ4v) is 3.31. The minimum Gasteiger partial charge on any atom is -0.399 e. The summed E-state index contributed by atoms with van der Waals surface area (Å²) in [5.41, 5.74) is -1.64. The second kappa shape index (κ2) is 5.57. The van der Waals surface area contributed by atoms with Crippen LogP contribution in [0.15, 0.2) is 30.5 Å². The molecule has 0 bridgehead atoms. The summed E-state index contributed by atoms with van der Waals surface area (Å²) in [5.74, 6) is 0. The third kappa shape index (κ3) is 2.98. The van der Waals surface area contributed by atoms with Crippen molar-refractivity contribution < 1.29 is 22.5 Å². The third-order valence-corrected chi connectivity index (χ3v) is 5.52. The Bertz CT molecular complexity index is 742. The average Bonchev–Trinajstić information content (AvgIpc) is 3.01. The molecule has 3 rings (SSSR count). The van der Waals surface area contributed by atoms with E-state index in [9.17, 15) is 13.2 Å². The molecule has 0 amide bonds. The fourth-order valence-electron chi connectivity index (χ4n) is 2.40. The van der Waals surface area contributed by atoms with Gasteiger partial charge in [0.25, 0.3) is 0 Å². The van der Waals surface area contributed by atoms with Crippen LogP contribution in [0.1, 0.15) is 33.3 Å². The van der Waals surface area contributed by atoms with Gasteiger partial charge in [0.2, 0.25) is 0 Å². The van der Waals surface area contributed by atoms with Gasteiger partial charge in [-0.3, -0.25) is 0 Å². The molecule has 2 aromatic rings. The lowest BCUT2D eigenvalue weighted by Crippen LogP contribution is -2.41. The van der Waals surface area contributed by atoms with Crippen molar-refractivity contribution in [2.24, 2.45) is 0 Å². The highest BCUT2D eigenvalue weighted by atomic mass is 32.1. The van der Waals surface area contributed by atoms with Crippen molar-refractivity contribution in [3.8, 4) is 10.6 Å². The van der Waals surface area contributed by atoms with Crippen LogP contribution in [0.5, 0.6) is 0 Å². The molecule has 8 heteroatoms. The van der Waals surface area contributed by atoms with E-state index in [-0.39, 0.29) is 5.56 Å². The van der Waals surface area contributed by atoms with Crippen LogP contribution in [0, 0.1) is 0 Å². The number of hydrogen-bond donors (Lipinski definition) is 0. The topological polar surface area (TPSA) is 31.4 Å². The van der Waals surface area contributed by atoms with Crippen molar-refractivity contribution in [3.63, 3.8) is 0 Å². The highest BCUT2D eigenvalue weighted by Gasteiger charge is 2.52. The molecule has 1 aromatic heterocycles. The molecule has 24 heavy (non-hydrogen) atoms. The number of rotatable bonds is 2. The Kier molecular flexibility index (Phi) is 4.05. The molecule has 0 radical (unpaired) electrons. The van der Waals surface area contributed by atoms with E-state index in [1.54, 1.807) is 6.07 Å². The molecule has 0 N–H and O–H groups in total. The molecule has 0 atom stereocenters. The molecule has 2 heterocycles. The molecule has 1 saturated heterocycles. The van der Waals surface area contributed by atoms with E-state index < -0.39 is 30.1 Å². The summed E-state index contributed by atoms with van der Waals surface area (Å²) >= 11 is 1.15. The molecular formula is C16H17BF3NO2S. The Morgan fingerprint density at radius 3 is 2.21 bits per heavy atom. The van der Waals surface area contributed by atoms with Gasteiger partial charge in [0.15, 0.2) is 0 Å². The van der Waals surface area contributed by atoms with E-state index in [0.29, 0.717) is 9.78 Å². The first kappa shape index (κ1) is 17.4. The average molecular weight is 355 g/mol. The highest BCUT2D eigenvalue weighted by molar-refractivity contribution is 7.24. The molecule has 128 valence electrons. The van der Waals surface area contributed by atoms with Gasteiger partial charge in [-0.25, -0.2) is 4.98 Å². The van der Waals surface area contributed by atoms with E-state index >= 15 is 0 Å². The number of benzene rings is 1. The van der Waals surface area contributed by atoms with Gasteiger partial charge in [-0.15, -0.1) is 11.3 Å². The van der Waals surface area contributed by atoms with Crippen LogP contribution in [0.4, 0.5) is 13.2 Å². The number of halogens is 3. The van der Waals surface area contributed by atoms with Crippen LogP contribution < -0.4 is 4.78 Å². The van der Waals surface area contributed by atoms with Gasteiger partial charge in [0, 0.05) is 11.8 Å². The maximum Gasteiger partial charge on any atom is 0.507 e. The van der Waals surface area contributed by atoms with Crippen molar-refractivity contribution >= 4 is 23.2 Å². The van der Waals surface area contributed by atoms with Crippen molar-refractivity contribution in [1.29, 1.82) is 0 Å². The number of hydrogen-bond acceptors (Lipinski definition) is 4. The number of alkyl halides is 3. The van der Waals surface area contributed by atoms with Crippen molar-refractivity contribution in [2.45, 2.75) is 45.1 Å². The zero-order valence-electron chi connectivity index (χ0n) is 13.8. The minimum absolute atomic E-state index is 0.0674. The predicted octanol–water partition coefficient (Wildman–Crippen LogP) is 4.13. The van der Waals surface area contributed by atoms with Crippen molar-refractivity contribution in [2.75, 3.05) is 0 Å². The molecule has 0 aliphatic carbocycles. The summed E-state index contributed by atoms with van der Waals surface area (Å²) in [7, 11) is -0.626. The summed E-state index contributed by atoms with van der Waals surface area (Å²) in [4.78, 5) is 4.16. The monoisotopic (exact) mass is 355 g/mol. The first-order valence-corrected chi connectivity index (χ1v) is 8.31. The molecule has 0 saturated carbocycles. The molecule has 1 aliphatic rings. The van der Waals surface area contributed by atoms with Gasteiger partial charge in [-0.05, 0) is 33.8 Å². The number of nitrogens with zero attached hydrogens (tertiary/aromatic N) is 1. The third-order valence-electron chi connectivity index (χ3n) is 4.47. The largest absolute Gasteiger partial charge is 0.507 e. The molecule has 3 nitrogen and oxygen atoms in total. The zero-order chi connectivity index (χ0) is 17.8. The lowest BCUT2D eigenvalue weighted by Gasteiger charge is -2.32. The second-order valence-corrected chi connectivity index (χ2v) is 7.76. The number of thiazole rings is 1. The Hall–Kier alpha value is -1.38. The van der Waals surface area contributed by atoms with E-state index in [1.807, 2.05) is 27.7 Å². The molecular weight excluding hydrogens is 338 g/mol. The van der Waals surface area contributed by atoms with E-state index in [2.05, 4.69) is 4.98 Å². The SMILES string of the molecule is CC1(C)OB(c2cnc(-c3ccccc3C(F)(F)F)s2)OC1(C)C. The molecule has 0 unspecified atom stereocenters. The van der Waals surface area contributed by atoms with Crippen molar-refractivity contribution in [1.82, 2.24) is 4.98 Å². The van der Waals surface area contributed by atoms with E-state index in [1.165, 1.54) is 18.3 Å². The zero-order valence-corrected chi connectivity index (χ0v) is 14.6. The standard InChI is InChI=1S/C16H17BF3NO2S/c1-14(2)15(3,4)23-17(22-14)12-9-21-13(24-12)10-7-5-6-8-11(10)16(18,19)20/h5-9H,1-4H3. The van der Waals surface area contributed by atoms with Gasteiger partial charge < -0.3 is 9.31 Å². The van der Waals surface area contributed by atoms with Crippen molar-refractivity contribution in [3.05, 3.63) is 36.0 Å². The quantitative estimate of drug-likeness (QED) is 0.760. The summed E-state index contributed by atoms with van der Waals surface area (Å²) in [6, 6.07) is 5.43. The highest BCUT2D eigenvalue weighted by Crippen LogP contribution is 2.39. The summed E-state index contributed by atoms with van der Waals surface area (Å²) in [5, 5.41) is 0.299. The Morgan fingerprint density at radius 1 is 1.04 bits per heavy atom. The van der Waals surface area contributed by atoms with E-state index in [0.717, 1.165) is 17.4 Å². The lowest BCUT2D eigenvalue weighted by atomic mass is 9.89. The maximum absolute atomic E-state index is 13.2. The van der Waals surface area contributed by atoms with Crippen LogP contribution in [-0.4, -0.2) is 23.3 Å². The van der Waals surface area contributed by atoms with E-state index in [4.69, 9.17) is 9.31 Å². The van der Waals surface area contributed by atoms with Gasteiger partial charge in [0.05, 0.1) is 21.5 Å². The maximum atomic E-state index is 13.2. The summed E-state index contributed by atoms with van der Waals surface area (Å²) in [6.45, 7) is 7.70. The van der Waals surface area contributed by atoms with Crippen LogP contribution in [-0.2, 0) is 15.5 Å². The van der Waals surface area contributed by atoms with Gasteiger partial charge >= 0.3 is 13.3 Å². The first-order valence-electron chi connectivity index (χ1n) is 7.49. The van der Waals surface area contributed by atoms with Crippen LogP contribution in [0.25, 0.3) is 10.6 Å². The van der Waals surface area contributed by atoms with Crippen LogP contribution in [0.2, 0.25) is 0 Å². The Balaban J connectivity index is 1.94. The molecule has 0 spiro atoms. The molecule has 1 aliphatic heterocycles. The predicted molar refractivity (Wildman–Crippen MR) is 88.3 cm³/mol. The van der Waals surface area contributed by atoms with Gasteiger partial charge in [-0.1, -0.05) is 18.2 Å².